The van der Waals surface area contributed by atoms with Crippen molar-refractivity contribution in [2.24, 2.45) is 0 Å². The van der Waals surface area contributed by atoms with E-state index in [0.29, 0.717) is 5.56 Å². The fourth-order valence-corrected chi connectivity index (χ4v) is 4.11. The Labute approximate surface area is 188 Å². The first-order valence-corrected chi connectivity index (χ1v) is 10.6. The van der Waals surface area contributed by atoms with Gasteiger partial charge in [0.1, 0.15) is 10.8 Å². The van der Waals surface area contributed by atoms with Crippen LogP contribution in [-0.2, 0) is 0 Å². The Balaban J connectivity index is 1.66. The molecule has 1 aliphatic heterocycles. The molecule has 168 valence electrons. The van der Waals surface area contributed by atoms with E-state index < -0.39 is 24.2 Å². The highest BCUT2D eigenvalue weighted by atomic mass is 35.5. The number of aromatic nitrogens is 2. The second-order valence-electron chi connectivity index (χ2n) is 7.96. The number of nitrogens with zero attached hydrogens (tertiary/aromatic N) is 2. The number of halogens is 4. The number of carbonyl (C=O) groups excluding carboxylic acids is 1. The summed E-state index contributed by atoms with van der Waals surface area (Å²) in [4.78, 5) is 12.8. The van der Waals surface area contributed by atoms with E-state index in [4.69, 9.17) is 11.6 Å². The first-order chi connectivity index (χ1) is 15.1. The molecule has 2 heterocycles. The zero-order valence-electron chi connectivity index (χ0n) is 17.4. The fraction of sp³-hybridized carbons (Fsp3) is 0.304. The topological polar surface area (TPSA) is 59.0 Å². The van der Waals surface area contributed by atoms with E-state index in [9.17, 15) is 18.0 Å². The minimum Gasteiger partial charge on any atom is -0.362 e. The van der Waals surface area contributed by atoms with Crippen molar-refractivity contribution in [1.29, 1.82) is 0 Å². The van der Waals surface area contributed by atoms with Crippen molar-refractivity contribution in [2.45, 2.75) is 44.6 Å². The Kier molecular flexibility index (Phi) is 5.90. The van der Waals surface area contributed by atoms with Gasteiger partial charge in [-0.1, -0.05) is 71.8 Å². The number of nitrogens with one attached hydrogen (secondary N) is 2. The van der Waals surface area contributed by atoms with Crippen LogP contribution >= 0.6 is 11.6 Å². The van der Waals surface area contributed by atoms with Gasteiger partial charge in [0.2, 0.25) is 0 Å². The summed E-state index contributed by atoms with van der Waals surface area (Å²) in [6.07, 6.45) is -4.82. The maximum Gasteiger partial charge on any atom is 0.410 e. The Morgan fingerprint density at radius 3 is 2.47 bits per heavy atom. The maximum absolute atomic E-state index is 13.9. The number of benzene rings is 2. The molecule has 0 saturated carbocycles. The molecule has 3 atom stereocenters. The van der Waals surface area contributed by atoms with Crippen molar-refractivity contribution >= 4 is 23.3 Å². The van der Waals surface area contributed by atoms with E-state index >= 15 is 0 Å². The highest BCUT2D eigenvalue weighted by molar-refractivity contribution is 6.36. The van der Waals surface area contributed by atoms with E-state index in [1.165, 1.54) is 0 Å². The van der Waals surface area contributed by atoms with E-state index in [0.717, 1.165) is 15.8 Å². The molecule has 0 radical (unpaired) electrons. The number of hydrogen-bond donors (Lipinski definition) is 2. The number of amides is 1. The molecule has 0 bridgehead atoms. The van der Waals surface area contributed by atoms with Crippen LogP contribution in [0.4, 0.5) is 19.0 Å². The number of hydrogen-bond acceptors (Lipinski definition) is 3. The van der Waals surface area contributed by atoms with Crippen molar-refractivity contribution in [3.05, 3.63) is 82.0 Å². The summed E-state index contributed by atoms with van der Waals surface area (Å²) in [5, 5.41) is 9.66. The molecule has 5 nitrogen and oxygen atoms in total. The normalized spacial score (nSPS) is 19.1. The summed E-state index contributed by atoms with van der Waals surface area (Å²) in [5.41, 5.74) is 2.32. The molecule has 0 saturated heterocycles. The summed E-state index contributed by atoms with van der Waals surface area (Å²) >= 11 is 6.39. The lowest BCUT2D eigenvalue weighted by molar-refractivity contribution is -0.173. The van der Waals surface area contributed by atoms with Gasteiger partial charge < -0.3 is 10.6 Å². The third-order valence-corrected chi connectivity index (χ3v) is 6.00. The molecular weight excluding hydrogens is 441 g/mol. The molecule has 2 aromatic carbocycles. The molecule has 4 rings (SSSR count). The quantitative estimate of drug-likeness (QED) is 0.500. The molecule has 2 N–H and O–H groups in total. The summed E-state index contributed by atoms with van der Waals surface area (Å²) in [5.74, 6) is -0.647. The number of alkyl halides is 3. The molecule has 9 heteroatoms. The van der Waals surface area contributed by atoms with Gasteiger partial charge >= 0.3 is 6.18 Å². The van der Waals surface area contributed by atoms with Crippen LogP contribution in [0.15, 0.2) is 54.6 Å². The Bertz CT molecular complexity index is 1110. The smallest absolute Gasteiger partial charge is 0.362 e. The molecule has 0 spiro atoms. The average molecular weight is 463 g/mol. The third kappa shape index (κ3) is 4.32. The molecule has 32 heavy (non-hydrogen) atoms. The fourth-order valence-electron chi connectivity index (χ4n) is 3.84. The first kappa shape index (κ1) is 22.2. The molecule has 1 aromatic heterocycles. The molecule has 1 amide bonds. The molecule has 0 fully saturated rings. The van der Waals surface area contributed by atoms with Crippen LogP contribution in [0, 0.1) is 6.92 Å². The molecule has 3 aromatic rings. The standard InChI is InChI=1S/C23H22ClF3N4O/c1-13-8-10-16(11-9-13)17-12-18(23(25,26)27)31-21(29-17)19(24)20(30-31)22(32)28-14(2)15-6-4-3-5-7-15/h3-11,14,17-18,29H,12H2,1-2H3,(H,28,32)/t14-,17+,18-/m0/s1. The van der Waals surface area contributed by atoms with Crippen LogP contribution in [0.25, 0.3) is 0 Å². The van der Waals surface area contributed by atoms with Crippen molar-refractivity contribution < 1.29 is 18.0 Å². The zero-order valence-corrected chi connectivity index (χ0v) is 18.2. The van der Waals surface area contributed by atoms with Gasteiger partial charge in [0.15, 0.2) is 11.7 Å². The van der Waals surface area contributed by atoms with Gasteiger partial charge in [-0.3, -0.25) is 4.79 Å². The number of anilines is 1. The molecule has 0 aliphatic carbocycles. The van der Waals surface area contributed by atoms with E-state index in [2.05, 4.69) is 15.7 Å². The van der Waals surface area contributed by atoms with E-state index in [-0.39, 0.29) is 29.0 Å². The Morgan fingerprint density at radius 1 is 1.19 bits per heavy atom. The zero-order chi connectivity index (χ0) is 23.0. The van der Waals surface area contributed by atoms with Crippen LogP contribution in [0.3, 0.4) is 0 Å². The van der Waals surface area contributed by atoms with Gasteiger partial charge in [-0.25, -0.2) is 4.68 Å². The van der Waals surface area contributed by atoms with Crippen LogP contribution in [0.5, 0.6) is 0 Å². The van der Waals surface area contributed by atoms with Crippen LogP contribution in [0.1, 0.15) is 58.6 Å². The summed E-state index contributed by atoms with van der Waals surface area (Å²) in [6.45, 7) is 3.69. The Hall–Kier alpha value is -3.00. The highest BCUT2D eigenvalue weighted by Gasteiger charge is 2.47. The van der Waals surface area contributed by atoms with Crippen LogP contribution < -0.4 is 10.6 Å². The maximum atomic E-state index is 13.9. The lowest BCUT2D eigenvalue weighted by Gasteiger charge is -2.33. The van der Waals surface area contributed by atoms with Crippen LogP contribution in [0.2, 0.25) is 5.02 Å². The average Bonchev–Trinajstić information content (AvgIpc) is 3.10. The highest BCUT2D eigenvalue weighted by Crippen LogP contribution is 2.46. The predicted molar refractivity (Wildman–Crippen MR) is 117 cm³/mol. The SMILES string of the molecule is Cc1ccc([C@H]2C[C@@H](C(F)(F)F)n3nc(C(=O)N[C@@H](C)c4ccccc4)c(Cl)c3N2)cc1. The molecular formula is C23H22ClF3N4O. The van der Waals surface area contributed by atoms with Gasteiger partial charge in [0.25, 0.3) is 5.91 Å². The van der Waals surface area contributed by atoms with Crippen molar-refractivity contribution in [1.82, 2.24) is 15.1 Å². The van der Waals surface area contributed by atoms with Crippen LogP contribution in [-0.4, -0.2) is 21.9 Å². The minimum atomic E-state index is -4.56. The van der Waals surface area contributed by atoms with Gasteiger partial charge in [-0.15, -0.1) is 0 Å². The largest absolute Gasteiger partial charge is 0.410 e. The number of aryl methyl sites for hydroxylation is 1. The van der Waals surface area contributed by atoms with Crippen molar-refractivity contribution in [3.63, 3.8) is 0 Å². The number of carbonyl (C=O) groups is 1. The second-order valence-corrected chi connectivity index (χ2v) is 8.34. The lowest BCUT2D eigenvalue weighted by atomic mass is 9.96. The molecule has 0 unspecified atom stereocenters. The van der Waals surface area contributed by atoms with Crippen molar-refractivity contribution in [3.8, 4) is 0 Å². The van der Waals surface area contributed by atoms with Gasteiger partial charge in [-0.05, 0) is 25.0 Å². The van der Waals surface area contributed by atoms with Crippen molar-refractivity contribution in [2.75, 3.05) is 5.32 Å². The minimum absolute atomic E-state index is 0.0108. The summed E-state index contributed by atoms with van der Waals surface area (Å²) < 4.78 is 42.5. The van der Waals surface area contributed by atoms with E-state index in [1.54, 1.807) is 19.1 Å². The second kappa shape index (κ2) is 8.50. The first-order valence-electron chi connectivity index (χ1n) is 10.2. The molecule has 1 aliphatic rings. The third-order valence-electron chi connectivity index (χ3n) is 5.64. The Morgan fingerprint density at radius 2 is 1.84 bits per heavy atom. The van der Waals surface area contributed by atoms with Gasteiger partial charge in [-0.2, -0.15) is 18.3 Å². The monoisotopic (exact) mass is 462 g/mol. The van der Waals surface area contributed by atoms with E-state index in [1.807, 2.05) is 49.4 Å². The summed E-state index contributed by atoms with van der Waals surface area (Å²) in [7, 11) is 0. The van der Waals surface area contributed by atoms with Gasteiger partial charge in [0, 0.05) is 6.42 Å². The lowest BCUT2D eigenvalue weighted by Crippen LogP contribution is -2.36. The van der Waals surface area contributed by atoms with Gasteiger partial charge in [0.05, 0.1) is 12.1 Å². The summed E-state index contributed by atoms with van der Waals surface area (Å²) in [6, 6.07) is 13.6. The number of fused-ring (bicyclic) bond motifs is 1. The number of rotatable bonds is 4. The predicted octanol–water partition coefficient (Wildman–Crippen LogP) is 6.00.